The topological polar surface area (TPSA) is 83.9 Å². The molecule has 0 atom stereocenters. The van der Waals surface area contributed by atoms with Gasteiger partial charge in [-0.2, -0.15) is 13.8 Å². The van der Waals surface area contributed by atoms with Crippen molar-refractivity contribution in [3.05, 3.63) is 53.1 Å². The molecule has 7 nitrogen and oxygen atoms in total. The molecule has 2 N–H and O–H groups in total. The fourth-order valence-electron chi connectivity index (χ4n) is 2.66. The number of hydrogen-bond donors (Lipinski definition) is 2. The standard InChI is InChI=1S/C19H19F2N3O4S/c1-2-27-17-15(28-19(20)21)7-8-16(23-17)24(10-14-9-22-11-29-14)13-5-3-12(4-6-13)18(25)26/h3-9,19,22H,2,10-11H2,1H3,(H,25,26). The van der Waals surface area contributed by atoms with Crippen LogP contribution in [0.2, 0.25) is 0 Å². The van der Waals surface area contributed by atoms with Gasteiger partial charge in [-0.25, -0.2) is 4.79 Å². The molecule has 1 aliphatic heterocycles. The summed E-state index contributed by atoms with van der Waals surface area (Å²) < 4.78 is 35.2. The molecule has 29 heavy (non-hydrogen) atoms. The van der Waals surface area contributed by atoms with Crippen LogP contribution < -0.4 is 19.7 Å². The highest BCUT2D eigenvalue weighted by Crippen LogP contribution is 2.34. The lowest BCUT2D eigenvalue weighted by Crippen LogP contribution is -2.21. The van der Waals surface area contributed by atoms with Gasteiger partial charge in [-0.15, -0.1) is 11.8 Å². The first-order valence-corrected chi connectivity index (χ1v) is 9.71. The minimum atomic E-state index is -2.99. The third-order valence-corrected chi connectivity index (χ3v) is 4.86. The zero-order valence-electron chi connectivity index (χ0n) is 15.5. The smallest absolute Gasteiger partial charge is 0.387 e. The van der Waals surface area contributed by atoms with Crippen LogP contribution in [0, 0.1) is 0 Å². The molecule has 1 aliphatic rings. The van der Waals surface area contributed by atoms with Gasteiger partial charge >= 0.3 is 12.6 Å². The van der Waals surface area contributed by atoms with Crippen LogP contribution in [0.1, 0.15) is 17.3 Å². The minimum absolute atomic E-state index is 0.0383. The van der Waals surface area contributed by atoms with E-state index in [1.165, 1.54) is 18.2 Å². The molecule has 0 spiro atoms. The molecule has 0 unspecified atom stereocenters. The third-order valence-electron chi connectivity index (χ3n) is 3.93. The number of ether oxygens (including phenoxy) is 2. The quantitative estimate of drug-likeness (QED) is 0.625. The van der Waals surface area contributed by atoms with Crippen molar-refractivity contribution in [1.29, 1.82) is 0 Å². The number of aromatic carboxylic acids is 1. The van der Waals surface area contributed by atoms with Crippen LogP contribution in [0.5, 0.6) is 11.6 Å². The number of aromatic nitrogens is 1. The molecule has 0 radical (unpaired) electrons. The Bertz CT molecular complexity index is 894. The average Bonchev–Trinajstić information content (AvgIpc) is 3.21. The molecular formula is C19H19F2N3O4S. The van der Waals surface area contributed by atoms with Gasteiger partial charge in [-0.1, -0.05) is 0 Å². The normalized spacial score (nSPS) is 13.0. The second kappa shape index (κ2) is 9.46. The number of pyridine rings is 1. The van der Waals surface area contributed by atoms with Crippen molar-refractivity contribution in [3.63, 3.8) is 0 Å². The molecule has 0 amide bonds. The average molecular weight is 423 g/mol. The zero-order chi connectivity index (χ0) is 20.8. The molecule has 1 aromatic carbocycles. The lowest BCUT2D eigenvalue weighted by Gasteiger charge is -2.25. The van der Waals surface area contributed by atoms with Crippen molar-refractivity contribution < 1.29 is 28.2 Å². The first-order valence-electron chi connectivity index (χ1n) is 8.72. The van der Waals surface area contributed by atoms with Crippen molar-refractivity contribution in [3.8, 4) is 11.6 Å². The van der Waals surface area contributed by atoms with Crippen LogP contribution in [-0.4, -0.2) is 41.7 Å². The number of rotatable bonds is 9. The zero-order valence-corrected chi connectivity index (χ0v) is 16.3. The number of hydrogen-bond acceptors (Lipinski definition) is 7. The van der Waals surface area contributed by atoms with Gasteiger partial charge in [-0.3, -0.25) is 0 Å². The Labute approximate surface area is 170 Å². The second-order valence-corrected chi connectivity index (χ2v) is 6.93. The number of nitrogens with one attached hydrogen (secondary N) is 1. The van der Waals surface area contributed by atoms with E-state index in [9.17, 15) is 13.6 Å². The maximum absolute atomic E-state index is 12.7. The number of carbonyl (C=O) groups is 1. The van der Waals surface area contributed by atoms with Crippen LogP contribution in [0.25, 0.3) is 0 Å². The lowest BCUT2D eigenvalue weighted by molar-refractivity contribution is -0.0518. The molecule has 0 aliphatic carbocycles. The van der Waals surface area contributed by atoms with E-state index in [1.807, 2.05) is 11.1 Å². The number of anilines is 2. The summed E-state index contributed by atoms with van der Waals surface area (Å²) in [5.41, 5.74) is 0.856. The number of alkyl halides is 2. The van der Waals surface area contributed by atoms with Gasteiger partial charge in [0, 0.05) is 16.8 Å². The van der Waals surface area contributed by atoms with Crippen LogP contribution in [0.15, 0.2) is 47.5 Å². The lowest BCUT2D eigenvalue weighted by atomic mass is 10.2. The number of carboxylic acids is 1. The van der Waals surface area contributed by atoms with Crippen LogP contribution >= 0.6 is 11.8 Å². The fourth-order valence-corrected chi connectivity index (χ4v) is 3.40. The van der Waals surface area contributed by atoms with Gasteiger partial charge in [0.05, 0.1) is 24.6 Å². The van der Waals surface area contributed by atoms with Crippen LogP contribution in [0.4, 0.5) is 20.3 Å². The van der Waals surface area contributed by atoms with E-state index in [-0.39, 0.29) is 23.8 Å². The van der Waals surface area contributed by atoms with E-state index in [0.717, 1.165) is 10.8 Å². The number of halogens is 2. The molecule has 2 heterocycles. The van der Waals surface area contributed by atoms with E-state index in [4.69, 9.17) is 9.84 Å². The van der Waals surface area contributed by atoms with Gasteiger partial charge in [0.1, 0.15) is 5.82 Å². The highest BCUT2D eigenvalue weighted by molar-refractivity contribution is 8.03. The largest absolute Gasteiger partial charge is 0.478 e. The summed E-state index contributed by atoms with van der Waals surface area (Å²) >= 11 is 1.63. The molecule has 1 aromatic heterocycles. The van der Waals surface area contributed by atoms with Crippen molar-refractivity contribution >= 4 is 29.2 Å². The van der Waals surface area contributed by atoms with E-state index >= 15 is 0 Å². The SMILES string of the molecule is CCOc1nc(N(CC2=CNCS2)c2ccc(C(=O)O)cc2)ccc1OC(F)F. The van der Waals surface area contributed by atoms with E-state index in [1.54, 1.807) is 36.9 Å². The summed E-state index contributed by atoms with van der Waals surface area (Å²) in [6.45, 7) is -0.590. The third kappa shape index (κ3) is 5.29. The van der Waals surface area contributed by atoms with Crippen molar-refractivity contribution in [1.82, 2.24) is 10.3 Å². The van der Waals surface area contributed by atoms with Crippen LogP contribution in [-0.2, 0) is 0 Å². The van der Waals surface area contributed by atoms with E-state index in [0.29, 0.717) is 18.1 Å². The monoisotopic (exact) mass is 423 g/mol. The van der Waals surface area contributed by atoms with Gasteiger partial charge in [0.15, 0.2) is 5.75 Å². The maximum atomic E-state index is 12.7. The molecule has 0 bridgehead atoms. The number of nitrogens with zero attached hydrogens (tertiary/aromatic N) is 2. The summed E-state index contributed by atoms with van der Waals surface area (Å²) in [6.07, 6.45) is 1.89. The molecule has 0 saturated carbocycles. The fraction of sp³-hybridized carbons (Fsp3) is 0.263. The molecule has 0 fully saturated rings. The molecule has 0 saturated heterocycles. The predicted octanol–water partition coefficient (Wildman–Crippen LogP) is 4.05. The predicted molar refractivity (Wildman–Crippen MR) is 106 cm³/mol. The van der Waals surface area contributed by atoms with E-state index < -0.39 is 12.6 Å². The summed E-state index contributed by atoms with van der Waals surface area (Å²) in [4.78, 5) is 18.4. The Kier molecular flexibility index (Phi) is 6.76. The van der Waals surface area contributed by atoms with Crippen LogP contribution in [0.3, 0.4) is 0 Å². The number of thioether (sulfide) groups is 1. The highest BCUT2D eigenvalue weighted by atomic mass is 32.2. The summed E-state index contributed by atoms with van der Waals surface area (Å²) in [5, 5.41) is 12.2. The van der Waals surface area contributed by atoms with Crippen molar-refractivity contribution in [2.24, 2.45) is 0 Å². The maximum Gasteiger partial charge on any atom is 0.387 e. The summed E-state index contributed by atoms with van der Waals surface area (Å²) in [7, 11) is 0. The first-order chi connectivity index (χ1) is 14.0. The molecular weight excluding hydrogens is 404 g/mol. The first kappa shape index (κ1) is 20.7. The molecule has 10 heteroatoms. The van der Waals surface area contributed by atoms with Gasteiger partial charge in [0.2, 0.25) is 0 Å². The van der Waals surface area contributed by atoms with Gasteiger partial charge in [0.25, 0.3) is 5.88 Å². The molecule has 2 aromatic rings. The molecule has 154 valence electrons. The Morgan fingerprint density at radius 3 is 2.66 bits per heavy atom. The number of carboxylic acid groups (broad SMARTS) is 1. The van der Waals surface area contributed by atoms with Crippen molar-refractivity contribution in [2.45, 2.75) is 13.5 Å². The second-order valence-electron chi connectivity index (χ2n) is 5.83. The van der Waals surface area contributed by atoms with Gasteiger partial charge < -0.3 is 24.8 Å². The summed E-state index contributed by atoms with van der Waals surface area (Å²) in [5.74, 6) is -0.00963. The Hall–Kier alpha value is -3.01. The highest BCUT2D eigenvalue weighted by Gasteiger charge is 2.20. The Morgan fingerprint density at radius 1 is 1.31 bits per heavy atom. The van der Waals surface area contributed by atoms with E-state index in [2.05, 4.69) is 15.0 Å². The van der Waals surface area contributed by atoms with Gasteiger partial charge in [-0.05, 0) is 43.3 Å². The van der Waals surface area contributed by atoms with Crippen molar-refractivity contribution in [2.75, 3.05) is 23.9 Å². The Morgan fingerprint density at radius 2 is 2.07 bits per heavy atom. The Balaban J connectivity index is 1.98. The summed E-state index contributed by atoms with van der Waals surface area (Å²) in [6, 6.07) is 9.27. The minimum Gasteiger partial charge on any atom is -0.478 e. The molecule has 3 rings (SSSR count). The number of benzene rings is 1.